The molecular formula is C32H28N8O2. The van der Waals surface area contributed by atoms with E-state index >= 15 is 0 Å². The summed E-state index contributed by atoms with van der Waals surface area (Å²) in [5.41, 5.74) is 4.90. The van der Waals surface area contributed by atoms with E-state index in [1.165, 1.54) is 12.3 Å². The number of carbonyl (C=O) groups is 2. The van der Waals surface area contributed by atoms with Crippen molar-refractivity contribution in [2.75, 3.05) is 36.6 Å². The summed E-state index contributed by atoms with van der Waals surface area (Å²) in [6.07, 6.45) is 6.59. The number of fused-ring (bicyclic) bond motifs is 1. The summed E-state index contributed by atoms with van der Waals surface area (Å²) in [5.74, 6) is -0.213. The molecule has 0 bridgehead atoms. The summed E-state index contributed by atoms with van der Waals surface area (Å²) >= 11 is 0. The minimum Gasteiger partial charge on any atom is -0.361 e. The van der Waals surface area contributed by atoms with E-state index in [1.54, 1.807) is 48.5 Å². The lowest BCUT2D eigenvalue weighted by atomic mass is 10.1. The van der Waals surface area contributed by atoms with E-state index in [9.17, 15) is 9.59 Å². The first-order valence-electron chi connectivity index (χ1n) is 13.1. The molecule has 0 saturated carbocycles. The number of para-hydroxylation sites is 1. The molecule has 2 amide bonds. The number of nitrogens with one attached hydrogen (secondary N) is 4. The zero-order valence-corrected chi connectivity index (χ0v) is 23.1. The smallest absolute Gasteiger partial charge is 0.255 e. The molecule has 3 aromatic carbocycles. The molecule has 0 atom stereocenters. The van der Waals surface area contributed by atoms with Crippen molar-refractivity contribution >= 4 is 51.4 Å². The Labute approximate surface area is 242 Å². The van der Waals surface area contributed by atoms with Gasteiger partial charge in [-0.2, -0.15) is 0 Å². The fraction of sp³-hybridized carbons (Fsp3) is 0.0938. The molecule has 5 aromatic rings. The number of aromatic amines is 1. The lowest BCUT2D eigenvalue weighted by molar-refractivity contribution is -0.111. The van der Waals surface area contributed by atoms with Crippen LogP contribution in [0.3, 0.4) is 0 Å². The molecule has 0 spiro atoms. The maximum Gasteiger partial charge on any atom is 0.255 e. The van der Waals surface area contributed by atoms with Crippen LogP contribution in [-0.2, 0) is 4.79 Å². The number of likely N-dealkylation sites (N-methyl/N-ethyl adjacent to an activating group) is 1. The molecule has 0 saturated heterocycles. The van der Waals surface area contributed by atoms with Crippen LogP contribution in [0, 0.1) is 6.57 Å². The number of H-pyrrole nitrogens is 1. The molecule has 0 radical (unpaired) electrons. The van der Waals surface area contributed by atoms with Gasteiger partial charge in [-0.25, -0.2) is 14.8 Å². The van der Waals surface area contributed by atoms with Gasteiger partial charge in [-0.05, 0) is 62.6 Å². The van der Waals surface area contributed by atoms with Gasteiger partial charge in [0.1, 0.15) is 0 Å². The Hall–Kier alpha value is -5.79. The second-order valence-electron chi connectivity index (χ2n) is 9.68. The third-order valence-electron chi connectivity index (χ3n) is 6.27. The van der Waals surface area contributed by atoms with E-state index in [2.05, 4.69) is 35.7 Å². The molecular weight excluding hydrogens is 528 g/mol. The molecule has 0 fully saturated rings. The third-order valence-corrected chi connectivity index (χ3v) is 6.27. The normalized spacial score (nSPS) is 11.0. The number of nitrogens with zero attached hydrogens (tertiary/aromatic N) is 4. The van der Waals surface area contributed by atoms with E-state index < -0.39 is 0 Å². The third kappa shape index (κ3) is 6.67. The maximum absolute atomic E-state index is 12.9. The van der Waals surface area contributed by atoms with Gasteiger partial charge < -0.3 is 25.8 Å². The van der Waals surface area contributed by atoms with Crippen LogP contribution >= 0.6 is 0 Å². The highest BCUT2D eigenvalue weighted by molar-refractivity contribution is 6.05. The summed E-state index contributed by atoms with van der Waals surface area (Å²) < 4.78 is 0. The Bertz CT molecular complexity index is 1820. The van der Waals surface area contributed by atoms with Crippen molar-refractivity contribution in [1.82, 2.24) is 19.9 Å². The lowest BCUT2D eigenvalue weighted by Gasteiger charge is -2.11. The molecule has 42 heavy (non-hydrogen) atoms. The van der Waals surface area contributed by atoms with Gasteiger partial charge in [-0.15, -0.1) is 0 Å². The van der Waals surface area contributed by atoms with Crippen molar-refractivity contribution in [3.8, 4) is 11.3 Å². The van der Waals surface area contributed by atoms with Crippen LogP contribution in [-0.4, -0.2) is 52.3 Å². The molecule has 2 heterocycles. The van der Waals surface area contributed by atoms with Gasteiger partial charge in [-0.3, -0.25) is 9.59 Å². The predicted octanol–water partition coefficient (Wildman–Crippen LogP) is 6.23. The highest BCUT2D eigenvalue weighted by atomic mass is 16.2. The second-order valence-corrected chi connectivity index (χ2v) is 9.68. The molecule has 0 unspecified atom stereocenters. The minimum absolute atomic E-state index is 0.236. The molecule has 5 rings (SSSR count). The average molecular weight is 557 g/mol. The monoisotopic (exact) mass is 556 g/mol. The quantitative estimate of drug-likeness (QED) is 0.126. The Balaban J connectivity index is 1.26. The SMILES string of the molecule is [C-]#[N+]c1cnc(Nc2cccc(NC(=O)c3ccc(NC(=O)/C=C/CN(C)C)cc3)c2)nc1-c1c[nH]c2ccccc12. The van der Waals surface area contributed by atoms with Crippen molar-refractivity contribution in [2.24, 2.45) is 0 Å². The van der Waals surface area contributed by atoms with Gasteiger partial charge in [-0.1, -0.05) is 30.3 Å². The number of amides is 2. The summed E-state index contributed by atoms with van der Waals surface area (Å²) in [6.45, 7) is 8.24. The summed E-state index contributed by atoms with van der Waals surface area (Å²) in [7, 11) is 3.84. The number of anilines is 4. The van der Waals surface area contributed by atoms with Gasteiger partial charge >= 0.3 is 0 Å². The first kappa shape index (κ1) is 27.8. The molecule has 10 heteroatoms. The van der Waals surface area contributed by atoms with Crippen LogP contribution < -0.4 is 16.0 Å². The summed E-state index contributed by atoms with van der Waals surface area (Å²) in [4.78, 5) is 42.7. The zero-order chi connectivity index (χ0) is 29.5. The maximum atomic E-state index is 12.9. The number of hydrogen-bond donors (Lipinski definition) is 4. The topological polar surface area (TPSA) is 119 Å². The number of benzene rings is 3. The fourth-order valence-electron chi connectivity index (χ4n) is 4.25. The zero-order valence-electron chi connectivity index (χ0n) is 23.1. The Morgan fingerprint density at radius 1 is 0.976 bits per heavy atom. The van der Waals surface area contributed by atoms with E-state index in [-0.39, 0.29) is 11.8 Å². The highest BCUT2D eigenvalue weighted by Gasteiger charge is 2.14. The van der Waals surface area contributed by atoms with Gasteiger partial charge in [0, 0.05) is 64.1 Å². The first-order valence-corrected chi connectivity index (χ1v) is 13.1. The Morgan fingerprint density at radius 2 is 1.76 bits per heavy atom. The molecule has 10 nitrogen and oxygen atoms in total. The standard InChI is InChI=1S/C32H28N8O2/c1-33-28-20-35-32(39-30(28)26-19-34-27-11-5-4-10-25(26)27)38-24-9-6-8-23(18-24)37-31(42)21-13-15-22(16-14-21)36-29(41)12-7-17-40(2)3/h4-16,18-20,34H,17H2,2-3H3,(H,36,41)(H,37,42)(H,35,38,39)/b12-7+. The van der Waals surface area contributed by atoms with Gasteiger partial charge in [0.25, 0.3) is 5.91 Å². The molecule has 0 aliphatic rings. The van der Waals surface area contributed by atoms with Gasteiger partial charge in [0.15, 0.2) is 0 Å². The summed E-state index contributed by atoms with van der Waals surface area (Å²) in [6, 6.07) is 21.7. The lowest BCUT2D eigenvalue weighted by Crippen LogP contribution is -2.13. The van der Waals surface area contributed by atoms with Crippen LogP contribution in [0.2, 0.25) is 0 Å². The Morgan fingerprint density at radius 3 is 2.55 bits per heavy atom. The Kier molecular flexibility index (Phi) is 8.32. The fourth-order valence-corrected chi connectivity index (χ4v) is 4.25. The number of aromatic nitrogens is 3. The van der Waals surface area contributed by atoms with Crippen LogP contribution in [0.1, 0.15) is 10.4 Å². The van der Waals surface area contributed by atoms with Crippen LogP contribution in [0.25, 0.3) is 27.0 Å². The van der Waals surface area contributed by atoms with Crippen LogP contribution in [0.15, 0.2) is 97.3 Å². The van der Waals surface area contributed by atoms with Crippen molar-refractivity contribution in [3.05, 3.63) is 114 Å². The van der Waals surface area contributed by atoms with Crippen LogP contribution in [0.5, 0.6) is 0 Å². The largest absolute Gasteiger partial charge is 0.361 e. The van der Waals surface area contributed by atoms with Crippen molar-refractivity contribution in [1.29, 1.82) is 0 Å². The minimum atomic E-state index is -0.296. The first-order chi connectivity index (χ1) is 20.4. The van der Waals surface area contributed by atoms with E-state index in [0.717, 1.165) is 16.5 Å². The number of rotatable bonds is 9. The average Bonchev–Trinajstić information content (AvgIpc) is 3.41. The number of hydrogen-bond acceptors (Lipinski definition) is 6. The molecule has 0 aliphatic heterocycles. The van der Waals surface area contributed by atoms with Crippen molar-refractivity contribution in [2.45, 2.75) is 0 Å². The van der Waals surface area contributed by atoms with E-state index in [0.29, 0.717) is 46.5 Å². The van der Waals surface area contributed by atoms with Gasteiger partial charge in [0.05, 0.1) is 12.3 Å². The summed E-state index contributed by atoms with van der Waals surface area (Å²) in [5, 5.41) is 9.80. The van der Waals surface area contributed by atoms with Crippen molar-refractivity contribution < 1.29 is 9.59 Å². The van der Waals surface area contributed by atoms with Gasteiger partial charge in [0.2, 0.25) is 17.5 Å². The van der Waals surface area contributed by atoms with E-state index in [4.69, 9.17) is 6.57 Å². The second kappa shape index (κ2) is 12.6. The molecule has 0 aliphatic carbocycles. The number of carbonyl (C=O) groups excluding carboxylic acids is 2. The molecule has 2 aromatic heterocycles. The molecule has 4 N–H and O–H groups in total. The highest BCUT2D eigenvalue weighted by Crippen LogP contribution is 2.34. The van der Waals surface area contributed by atoms with Crippen LogP contribution in [0.4, 0.5) is 28.7 Å². The van der Waals surface area contributed by atoms with Crippen molar-refractivity contribution in [3.63, 3.8) is 0 Å². The van der Waals surface area contributed by atoms with E-state index in [1.807, 2.05) is 55.5 Å². The molecule has 208 valence electrons. The predicted molar refractivity (Wildman–Crippen MR) is 166 cm³/mol.